The average Bonchev–Trinajstić information content (AvgIpc) is 2.13. The lowest BCUT2D eigenvalue weighted by Crippen LogP contribution is -2.52. The van der Waals surface area contributed by atoms with Gasteiger partial charge >= 0.3 is 7.60 Å². The normalized spacial score (nSPS) is 12.6. The summed E-state index contributed by atoms with van der Waals surface area (Å²) in [5, 5.41) is 10.4. The molecular weight excluding hydrogens is 229 g/mol. The number of methoxy groups -OCH3 is 2. The molecule has 0 unspecified atom stereocenters. The first-order chi connectivity index (χ1) is 6.81. The van der Waals surface area contributed by atoms with Crippen molar-refractivity contribution in [2.24, 2.45) is 0 Å². The summed E-state index contributed by atoms with van der Waals surface area (Å²) in [4.78, 5) is 28.8. The Kier molecular flexibility index (Phi) is 5.36. The summed E-state index contributed by atoms with van der Waals surface area (Å²) in [6.07, 6.45) is -0.932. The predicted molar refractivity (Wildman–Crippen MR) is 48.9 cm³/mol. The molecule has 0 aliphatic carbocycles. The van der Waals surface area contributed by atoms with Gasteiger partial charge in [-0.3, -0.25) is 9.36 Å². The Morgan fingerprint density at radius 1 is 1.40 bits per heavy atom. The van der Waals surface area contributed by atoms with Crippen molar-refractivity contribution in [1.82, 2.24) is 5.32 Å². The lowest BCUT2D eigenvalue weighted by atomic mass is 10.3. The van der Waals surface area contributed by atoms with Crippen LogP contribution in [-0.4, -0.2) is 53.7 Å². The third-order valence-corrected chi connectivity index (χ3v) is 2.49. The first-order valence-corrected chi connectivity index (χ1v) is 5.65. The molecule has 9 heteroatoms. The Labute approximate surface area is 86.3 Å². The topological polar surface area (TPSA) is 125 Å². The van der Waals surface area contributed by atoms with Gasteiger partial charge in [-0.25, -0.2) is 0 Å². The molecular formula is C6H14NO7P. The van der Waals surface area contributed by atoms with Gasteiger partial charge in [0.1, 0.15) is 12.9 Å². The maximum absolute atomic E-state index is 11.3. The van der Waals surface area contributed by atoms with E-state index < -0.39 is 32.2 Å². The summed E-state index contributed by atoms with van der Waals surface area (Å²) in [5.41, 5.74) is 0. The number of amides is 1. The summed E-state index contributed by atoms with van der Waals surface area (Å²) < 4.78 is 20.0. The first-order valence-electron chi connectivity index (χ1n) is 3.85. The number of ether oxygens (including phenoxy) is 2. The lowest BCUT2D eigenvalue weighted by molar-refractivity contribution is -0.201. The van der Waals surface area contributed by atoms with Crippen molar-refractivity contribution < 1.29 is 33.7 Å². The number of rotatable bonds is 6. The van der Waals surface area contributed by atoms with Crippen LogP contribution in [0.2, 0.25) is 0 Å². The molecule has 1 amide bonds. The van der Waals surface area contributed by atoms with Crippen LogP contribution < -0.4 is 5.32 Å². The van der Waals surface area contributed by atoms with Crippen LogP contribution >= 0.6 is 7.60 Å². The molecule has 0 radical (unpaired) electrons. The minimum Gasteiger partial charge on any atom is -0.376 e. The second-order valence-electron chi connectivity index (χ2n) is 2.65. The van der Waals surface area contributed by atoms with Crippen molar-refractivity contribution in [2.75, 3.05) is 27.1 Å². The molecule has 0 aromatic heterocycles. The van der Waals surface area contributed by atoms with Gasteiger partial charge in [-0.2, -0.15) is 0 Å². The third kappa shape index (κ3) is 4.25. The maximum Gasteiger partial charge on any atom is 0.331 e. The van der Waals surface area contributed by atoms with Crippen LogP contribution in [0.25, 0.3) is 0 Å². The van der Waals surface area contributed by atoms with E-state index in [1.54, 1.807) is 0 Å². The SMILES string of the molecule is COC(CP(=O)(O)O)(OC)C(=O)NCO. The third-order valence-electron chi connectivity index (χ3n) is 1.66. The molecule has 0 atom stereocenters. The minimum atomic E-state index is -4.49. The standard InChI is InChI=1S/C6H14NO7P/c1-13-6(14-2,3-15(10,11)12)5(9)7-4-8/h8H,3-4H2,1-2H3,(H,7,9)(H2,10,11,12). The molecule has 0 aromatic rings. The Morgan fingerprint density at radius 3 is 2.13 bits per heavy atom. The highest BCUT2D eigenvalue weighted by Gasteiger charge is 2.44. The molecule has 0 rings (SSSR count). The average molecular weight is 243 g/mol. The van der Waals surface area contributed by atoms with Crippen molar-refractivity contribution in [1.29, 1.82) is 0 Å². The Hall–Kier alpha value is -0.500. The molecule has 0 aromatic carbocycles. The Balaban J connectivity index is 4.88. The van der Waals surface area contributed by atoms with E-state index >= 15 is 0 Å². The summed E-state index contributed by atoms with van der Waals surface area (Å²) in [7, 11) is -2.36. The van der Waals surface area contributed by atoms with Crippen molar-refractivity contribution in [3.05, 3.63) is 0 Å². The van der Waals surface area contributed by atoms with Gasteiger partial charge in [0.15, 0.2) is 0 Å². The first kappa shape index (κ1) is 14.5. The summed E-state index contributed by atoms with van der Waals surface area (Å²) in [6, 6.07) is 0. The van der Waals surface area contributed by atoms with Crippen LogP contribution in [0.15, 0.2) is 0 Å². The van der Waals surface area contributed by atoms with Crippen molar-refractivity contribution in [3.8, 4) is 0 Å². The van der Waals surface area contributed by atoms with Gasteiger partial charge in [-0.05, 0) is 0 Å². The Bertz CT molecular complexity index is 258. The number of carbonyl (C=O) groups excluding carboxylic acids is 1. The van der Waals surface area contributed by atoms with Gasteiger partial charge in [-0.15, -0.1) is 0 Å². The van der Waals surface area contributed by atoms with Crippen LogP contribution in [0.5, 0.6) is 0 Å². The van der Waals surface area contributed by atoms with Gasteiger partial charge in [0, 0.05) is 14.2 Å². The maximum atomic E-state index is 11.3. The number of carbonyl (C=O) groups is 1. The summed E-state index contributed by atoms with van der Waals surface area (Å²) in [6.45, 7) is -0.686. The molecule has 0 heterocycles. The smallest absolute Gasteiger partial charge is 0.331 e. The van der Waals surface area contributed by atoms with Gasteiger partial charge in [-0.1, -0.05) is 0 Å². The molecule has 15 heavy (non-hydrogen) atoms. The fraction of sp³-hybridized carbons (Fsp3) is 0.833. The Morgan fingerprint density at radius 2 is 1.87 bits per heavy atom. The predicted octanol–water partition coefficient (Wildman–Crippen LogP) is -1.78. The summed E-state index contributed by atoms with van der Waals surface area (Å²) >= 11 is 0. The summed E-state index contributed by atoms with van der Waals surface area (Å²) in [5.74, 6) is -3.06. The number of aliphatic hydroxyl groups excluding tert-OH is 1. The van der Waals surface area contributed by atoms with Gasteiger partial charge < -0.3 is 29.7 Å². The monoisotopic (exact) mass is 243 g/mol. The van der Waals surface area contributed by atoms with Crippen LogP contribution in [-0.2, 0) is 18.8 Å². The lowest BCUT2D eigenvalue weighted by Gasteiger charge is -2.28. The fourth-order valence-corrected chi connectivity index (χ4v) is 1.89. The number of hydrogen-bond acceptors (Lipinski definition) is 5. The van der Waals surface area contributed by atoms with Crippen molar-refractivity contribution in [3.63, 3.8) is 0 Å². The van der Waals surface area contributed by atoms with Gasteiger partial charge in [0.2, 0.25) is 0 Å². The second kappa shape index (κ2) is 5.55. The van der Waals surface area contributed by atoms with E-state index in [1.165, 1.54) is 0 Å². The largest absolute Gasteiger partial charge is 0.376 e. The van der Waals surface area contributed by atoms with E-state index in [0.717, 1.165) is 14.2 Å². The molecule has 0 spiro atoms. The number of nitrogens with one attached hydrogen (secondary N) is 1. The molecule has 0 saturated carbocycles. The van der Waals surface area contributed by atoms with E-state index in [4.69, 9.17) is 14.9 Å². The van der Waals surface area contributed by atoms with Gasteiger partial charge in [0.05, 0.1) is 0 Å². The van der Waals surface area contributed by atoms with E-state index in [0.29, 0.717) is 0 Å². The molecule has 0 fully saturated rings. The van der Waals surface area contributed by atoms with Crippen LogP contribution in [0.4, 0.5) is 0 Å². The highest BCUT2D eigenvalue weighted by Crippen LogP contribution is 2.39. The van der Waals surface area contributed by atoms with Crippen LogP contribution in [0, 0.1) is 0 Å². The zero-order valence-electron chi connectivity index (χ0n) is 8.34. The minimum absolute atomic E-state index is 0.686. The highest BCUT2D eigenvalue weighted by atomic mass is 31.2. The second-order valence-corrected chi connectivity index (χ2v) is 4.29. The molecule has 4 N–H and O–H groups in total. The zero-order valence-corrected chi connectivity index (χ0v) is 9.23. The van der Waals surface area contributed by atoms with Crippen LogP contribution in [0.3, 0.4) is 0 Å². The molecule has 0 aliphatic heterocycles. The zero-order chi connectivity index (χ0) is 12.1. The van der Waals surface area contributed by atoms with Crippen molar-refractivity contribution >= 4 is 13.5 Å². The molecule has 90 valence electrons. The fourth-order valence-electron chi connectivity index (χ4n) is 0.947. The van der Waals surface area contributed by atoms with E-state index in [1.807, 2.05) is 5.32 Å². The highest BCUT2D eigenvalue weighted by molar-refractivity contribution is 7.51. The number of hydrogen-bond donors (Lipinski definition) is 4. The van der Waals surface area contributed by atoms with E-state index in [-0.39, 0.29) is 0 Å². The molecule has 0 bridgehead atoms. The molecule has 8 nitrogen and oxygen atoms in total. The van der Waals surface area contributed by atoms with Crippen molar-refractivity contribution in [2.45, 2.75) is 5.79 Å². The number of aliphatic hydroxyl groups is 1. The van der Waals surface area contributed by atoms with Gasteiger partial charge in [0.25, 0.3) is 11.7 Å². The van der Waals surface area contributed by atoms with E-state index in [9.17, 15) is 9.36 Å². The quantitative estimate of drug-likeness (QED) is 0.321. The van der Waals surface area contributed by atoms with Crippen LogP contribution in [0.1, 0.15) is 0 Å². The van der Waals surface area contributed by atoms with E-state index in [2.05, 4.69) is 9.47 Å². The molecule has 0 aliphatic rings. The molecule has 0 saturated heterocycles.